The molecule has 0 unspecified atom stereocenters. The molecule has 2 aliphatic rings. The van der Waals surface area contributed by atoms with E-state index in [2.05, 4.69) is 45.0 Å². The molecular formula is C27H35N7O2S. The minimum Gasteiger partial charge on any atom is -0.368 e. The molecule has 0 spiro atoms. The first-order valence-corrected chi connectivity index (χ1v) is 13.5. The van der Waals surface area contributed by atoms with Gasteiger partial charge in [-0.15, -0.1) is 0 Å². The molecule has 5 rings (SSSR count). The van der Waals surface area contributed by atoms with E-state index < -0.39 is 0 Å². The Bertz CT molecular complexity index is 1370. The molecule has 0 aromatic carbocycles. The Morgan fingerprint density at radius 3 is 2.38 bits per heavy atom. The van der Waals surface area contributed by atoms with Crippen molar-refractivity contribution < 1.29 is 4.79 Å². The van der Waals surface area contributed by atoms with E-state index in [0.717, 1.165) is 62.9 Å². The summed E-state index contributed by atoms with van der Waals surface area (Å²) in [6.07, 6.45) is 7.51. The number of ketones is 1. The van der Waals surface area contributed by atoms with Crippen LogP contribution in [0, 0.1) is 6.92 Å². The van der Waals surface area contributed by atoms with Crippen molar-refractivity contribution in [2.24, 2.45) is 0 Å². The summed E-state index contributed by atoms with van der Waals surface area (Å²) < 4.78 is 1.72. The SMILES string of the molecule is CC(=O)c1c(C)c2cnc(Nc3ccc(N4CCN(C(C)(C)S)CC4)cn3)nc2n(C2CCCC2)c1=O. The fraction of sp³-hybridized carbons (Fsp3) is 0.519. The van der Waals surface area contributed by atoms with Gasteiger partial charge in [-0.1, -0.05) is 12.8 Å². The van der Waals surface area contributed by atoms with Gasteiger partial charge in [-0.05, 0) is 58.2 Å². The first kappa shape index (κ1) is 25.7. The molecule has 1 N–H and O–H groups in total. The Labute approximate surface area is 222 Å². The van der Waals surface area contributed by atoms with Gasteiger partial charge < -0.3 is 10.2 Å². The summed E-state index contributed by atoms with van der Waals surface area (Å²) >= 11 is 4.70. The predicted octanol–water partition coefficient (Wildman–Crippen LogP) is 4.34. The highest BCUT2D eigenvalue weighted by Crippen LogP contribution is 2.32. The normalized spacial score (nSPS) is 17.5. The summed E-state index contributed by atoms with van der Waals surface area (Å²) in [5.74, 6) is 0.780. The average Bonchev–Trinajstić information content (AvgIpc) is 3.38. The highest BCUT2D eigenvalue weighted by molar-refractivity contribution is 7.81. The van der Waals surface area contributed by atoms with Crippen LogP contribution >= 0.6 is 12.6 Å². The van der Waals surface area contributed by atoms with E-state index in [4.69, 9.17) is 17.6 Å². The standard InChI is InChI=1S/C27H35N7O2S/c1-17-21-16-29-26(31-24(21)34(19-7-5-6-8-19)25(36)23(17)18(2)35)30-22-10-9-20(15-28-22)32-11-13-33(14-12-32)27(3,4)37/h9-10,15-16,19,37H,5-8,11-14H2,1-4H3,(H,28,29,30,31). The fourth-order valence-corrected chi connectivity index (χ4v) is 5.78. The summed E-state index contributed by atoms with van der Waals surface area (Å²) in [5.41, 5.74) is 2.26. The van der Waals surface area contributed by atoms with E-state index in [1.54, 1.807) is 17.7 Å². The molecule has 0 amide bonds. The molecule has 9 nitrogen and oxygen atoms in total. The van der Waals surface area contributed by atoms with Crippen molar-refractivity contribution in [3.63, 3.8) is 0 Å². The Morgan fingerprint density at radius 1 is 1.08 bits per heavy atom. The van der Waals surface area contributed by atoms with Gasteiger partial charge in [0, 0.05) is 43.8 Å². The van der Waals surface area contributed by atoms with Gasteiger partial charge in [0.1, 0.15) is 11.5 Å². The number of thiol groups is 1. The van der Waals surface area contributed by atoms with Gasteiger partial charge in [-0.2, -0.15) is 17.6 Å². The molecule has 10 heteroatoms. The number of aromatic nitrogens is 4. The molecule has 1 aliphatic carbocycles. The van der Waals surface area contributed by atoms with Gasteiger partial charge in [-0.25, -0.2) is 9.97 Å². The molecule has 196 valence electrons. The van der Waals surface area contributed by atoms with E-state index >= 15 is 0 Å². The molecule has 0 radical (unpaired) electrons. The van der Waals surface area contributed by atoms with Gasteiger partial charge >= 0.3 is 0 Å². The van der Waals surface area contributed by atoms with E-state index in [9.17, 15) is 9.59 Å². The van der Waals surface area contributed by atoms with Gasteiger partial charge in [-0.3, -0.25) is 19.1 Å². The number of anilines is 3. The number of hydrogen-bond acceptors (Lipinski definition) is 9. The maximum absolute atomic E-state index is 13.4. The summed E-state index contributed by atoms with van der Waals surface area (Å²) in [6, 6.07) is 4.02. The zero-order valence-electron chi connectivity index (χ0n) is 22.0. The number of hydrogen-bond donors (Lipinski definition) is 2. The number of nitrogens with one attached hydrogen (secondary N) is 1. The number of rotatable bonds is 6. The number of pyridine rings is 2. The maximum atomic E-state index is 13.4. The number of nitrogens with zero attached hydrogens (tertiary/aromatic N) is 6. The van der Waals surface area contributed by atoms with E-state index in [1.165, 1.54) is 6.92 Å². The molecule has 1 saturated carbocycles. The van der Waals surface area contributed by atoms with Gasteiger partial charge in [0.2, 0.25) is 5.95 Å². The maximum Gasteiger partial charge on any atom is 0.263 e. The lowest BCUT2D eigenvalue weighted by molar-refractivity contribution is 0.101. The Hall–Kier alpha value is -2.98. The van der Waals surface area contributed by atoms with Crippen LogP contribution in [0.1, 0.15) is 68.4 Å². The Balaban J connectivity index is 1.40. The van der Waals surface area contributed by atoms with Crippen molar-refractivity contribution in [2.45, 2.75) is 64.3 Å². The number of carbonyl (C=O) groups excluding carboxylic acids is 1. The summed E-state index contributed by atoms with van der Waals surface area (Å²) in [4.78, 5) is 44.1. The van der Waals surface area contributed by atoms with Crippen LogP contribution in [0.2, 0.25) is 0 Å². The molecule has 4 heterocycles. The minimum atomic E-state index is -0.252. The third-order valence-corrected chi connectivity index (χ3v) is 7.94. The minimum absolute atomic E-state index is 0.0439. The highest BCUT2D eigenvalue weighted by Gasteiger charge is 2.27. The number of Topliss-reactive ketones (excluding diaryl/α,β-unsaturated/α-hetero) is 1. The molecule has 0 bridgehead atoms. The van der Waals surface area contributed by atoms with Crippen molar-refractivity contribution in [3.8, 4) is 0 Å². The van der Waals surface area contributed by atoms with E-state index in [-0.39, 0.29) is 27.8 Å². The Morgan fingerprint density at radius 2 is 1.78 bits per heavy atom. The van der Waals surface area contributed by atoms with Crippen molar-refractivity contribution in [1.82, 2.24) is 24.4 Å². The second-order valence-corrected chi connectivity index (χ2v) is 11.7. The first-order chi connectivity index (χ1) is 17.6. The van der Waals surface area contributed by atoms with Crippen molar-refractivity contribution in [2.75, 3.05) is 36.4 Å². The van der Waals surface area contributed by atoms with Crippen LogP contribution in [0.15, 0.2) is 29.3 Å². The quantitative estimate of drug-likeness (QED) is 0.365. The monoisotopic (exact) mass is 521 g/mol. The number of carbonyl (C=O) groups is 1. The summed E-state index contributed by atoms with van der Waals surface area (Å²) in [6.45, 7) is 11.2. The topological polar surface area (TPSA) is 96.2 Å². The third kappa shape index (κ3) is 5.09. The molecule has 1 saturated heterocycles. The molecule has 2 fully saturated rings. The highest BCUT2D eigenvalue weighted by atomic mass is 32.1. The molecule has 3 aromatic rings. The fourth-order valence-electron chi connectivity index (χ4n) is 5.58. The largest absolute Gasteiger partial charge is 0.368 e. The predicted molar refractivity (Wildman–Crippen MR) is 150 cm³/mol. The molecular weight excluding hydrogens is 486 g/mol. The van der Waals surface area contributed by atoms with Gasteiger partial charge in [0.15, 0.2) is 5.78 Å². The van der Waals surface area contributed by atoms with Crippen LogP contribution in [0.5, 0.6) is 0 Å². The molecule has 0 atom stereocenters. The van der Waals surface area contributed by atoms with Crippen molar-refractivity contribution in [3.05, 3.63) is 46.0 Å². The Kier molecular flexibility index (Phi) is 6.97. The van der Waals surface area contributed by atoms with E-state index in [1.807, 2.05) is 12.3 Å². The van der Waals surface area contributed by atoms with Crippen LogP contribution in [-0.4, -0.2) is 61.3 Å². The lowest BCUT2D eigenvalue weighted by atomic mass is 10.0. The van der Waals surface area contributed by atoms with Crippen molar-refractivity contribution in [1.29, 1.82) is 0 Å². The van der Waals surface area contributed by atoms with Crippen LogP contribution in [0.4, 0.5) is 17.5 Å². The number of aryl methyl sites for hydroxylation is 1. The van der Waals surface area contributed by atoms with Crippen LogP contribution in [-0.2, 0) is 0 Å². The smallest absolute Gasteiger partial charge is 0.263 e. The zero-order valence-corrected chi connectivity index (χ0v) is 22.9. The molecule has 37 heavy (non-hydrogen) atoms. The van der Waals surface area contributed by atoms with E-state index in [0.29, 0.717) is 23.0 Å². The zero-order chi connectivity index (χ0) is 26.3. The average molecular weight is 522 g/mol. The first-order valence-electron chi connectivity index (χ1n) is 13.0. The molecule has 3 aromatic heterocycles. The second kappa shape index (κ2) is 10.1. The summed E-state index contributed by atoms with van der Waals surface area (Å²) in [5, 5.41) is 3.93. The van der Waals surface area contributed by atoms with Crippen LogP contribution in [0.3, 0.4) is 0 Å². The van der Waals surface area contributed by atoms with Gasteiger partial charge in [0.25, 0.3) is 5.56 Å². The number of fused-ring (bicyclic) bond motifs is 1. The molecule has 1 aliphatic heterocycles. The second-order valence-electron chi connectivity index (χ2n) is 10.6. The van der Waals surface area contributed by atoms with Crippen LogP contribution in [0.25, 0.3) is 11.0 Å². The number of piperazine rings is 1. The lowest BCUT2D eigenvalue weighted by Gasteiger charge is -2.42. The van der Waals surface area contributed by atoms with Gasteiger partial charge in [0.05, 0.1) is 22.3 Å². The summed E-state index contributed by atoms with van der Waals surface area (Å²) in [7, 11) is 0. The van der Waals surface area contributed by atoms with Crippen LogP contribution < -0.4 is 15.8 Å². The lowest BCUT2D eigenvalue weighted by Crippen LogP contribution is -2.52. The van der Waals surface area contributed by atoms with Crippen molar-refractivity contribution >= 4 is 46.9 Å². The third-order valence-electron chi connectivity index (χ3n) is 7.66.